The Morgan fingerprint density at radius 3 is 1.53 bits per heavy atom. The number of rotatable bonds is 2. The Morgan fingerprint density at radius 2 is 0.884 bits per heavy atom. The minimum Gasteiger partial charge on any atom is -0.0616 e. The lowest BCUT2D eigenvalue weighted by Crippen LogP contribution is -2.29. The molecule has 0 unspecified atom stereocenters. The van der Waals surface area contributed by atoms with Gasteiger partial charge in [0.1, 0.15) is 0 Å². The number of benzene rings is 8. The maximum Gasteiger partial charge on any atom is 0.0720 e. The molecule has 0 saturated heterocycles. The second kappa shape index (κ2) is 8.90. The van der Waals surface area contributed by atoms with E-state index in [0.717, 1.165) is 0 Å². The summed E-state index contributed by atoms with van der Waals surface area (Å²) >= 11 is 0. The zero-order valence-electron chi connectivity index (χ0n) is 24.4. The Balaban J connectivity index is 1.51. The van der Waals surface area contributed by atoms with Crippen molar-refractivity contribution in [1.29, 1.82) is 0 Å². The van der Waals surface area contributed by atoms with E-state index < -0.39 is 5.41 Å². The van der Waals surface area contributed by atoms with Gasteiger partial charge in [0.15, 0.2) is 0 Å². The van der Waals surface area contributed by atoms with Crippen molar-refractivity contribution in [1.82, 2.24) is 0 Å². The average molecular weight is 547 g/mol. The van der Waals surface area contributed by atoms with Gasteiger partial charge in [-0.2, -0.15) is 0 Å². The largest absolute Gasteiger partial charge is 0.0720 e. The van der Waals surface area contributed by atoms with Crippen LogP contribution in [-0.2, 0) is 5.41 Å². The van der Waals surface area contributed by atoms with Gasteiger partial charge in [-0.3, -0.25) is 0 Å². The monoisotopic (exact) mass is 546 g/mol. The topological polar surface area (TPSA) is 0 Å². The van der Waals surface area contributed by atoms with E-state index in [4.69, 9.17) is 0 Å². The fourth-order valence-electron chi connectivity index (χ4n) is 7.86. The maximum atomic E-state index is 2.45. The van der Waals surface area contributed by atoms with Crippen LogP contribution in [0.25, 0.3) is 54.2 Å². The molecule has 9 rings (SSSR count). The first-order valence-electron chi connectivity index (χ1n) is 15.2. The minimum atomic E-state index is -0.492. The minimum absolute atomic E-state index is 0.492. The molecule has 8 aromatic carbocycles. The van der Waals surface area contributed by atoms with Crippen LogP contribution in [0, 0.1) is 13.8 Å². The normalized spacial score (nSPS) is 13.5. The second-order valence-electron chi connectivity index (χ2n) is 12.3. The van der Waals surface area contributed by atoms with Gasteiger partial charge in [0.2, 0.25) is 0 Å². The number of fused-ring (bicyclic) bond motifs is 9. The van der Waals surface area contributed by atoms with Crippen molar-refractivity contribution >= 4 is 43.1 Å². The Kier molecular flexibility index (Phi) is 5.05. The molecule has 0 N–H and O–H groups in total. The van der Waals surface area contributed by atoms with E-state index in [2.05, 4.69) is 159 Å². The van der Waals surface area contributed by atoms with Crippen molar-refractivity contribution in [3.63, 3.8) is 0 Å². The highest BCUT2D eigenvalue weighted by Gasteiger charge is 2.48. The van der Waals surface area contributed by atoms with Gasteiger partial charge in [0.25, 0.3) is 0 Å². The Bertz CT molecular complexity index is 2340. The van der Waals surface area contributed by atoms with E-state index in [9.17, 15) is 0 Å². The Hall–Kier alpha value is -5.20. The summed E-state index contributed by atoms with van der Waals surface area (Å²) < 4.78 is 0. The highest BCUT2D eigenvalue weighted by molar-refractivity contribution is 6.09. The van der Waals surface area contributed by atoms with Gasteiger partial charge >= 0.3 is 0 Å². The SMILES string of the molecule is Cc1ccc2cc(C3(c4ccc5cc(C)ccc5c4)c4ccc5ccccc5c4-c4ccc5ccccc5c43)ccc2c1. The molecule has 0 saturated carbocycles. The zero-order chi connectivity index (χ0) is 28.7. The number of aryl methyl sites for hydroxylation is 2. The van der Waals surface area contributed by atoms with Crippen molar-refractivity contribution in [3.8, 4) is 11.1 Å². The van der Waals surface area contributed by atoms with Crippen LogP contribution in [0.4, 0.5) is 0 Å². The van der Waals surface area contributed by atoms with Crippen molar-refractivity contribution in [2.45, 2.75) is 19.3 Å². The third kappa shape index (κ3) is 3.38. The van der Waals surface area contributed by atoms with Crippen LogP contribution in [0.3, 0.4) is 0 Å². The quantitative estimate of drug-likeness (QED) is 0.202. The smallest absolute Gasteiger partial charge is 0.0616 e. The fourth-order valence-corrected chi connectivity index (χ4v) is 7.86. The highest BCUT2D eigenvalue weighted by atomic mass is 14.5. The molecule has 0 amide bonds. The van der Waals surface area contributed by atoms with Crippen LogP contribution in [0.1, 0.15) is 33.4 Å². The standard InChI is InChI=1S/C43H30/c1-27-11-13-33-25-35(19-15-31(33)23-27)43(36-20-16-32-24-28(2)12-14-34(32)26-36)40-22-18-29-7-3-5-9-37(29)41(40)39-21-17-30-8-4-6-10-38(30)42(39)43/h3-26H,1-2H3. The van der Waals surface area contributed by atoms with Crippen LogP contribution in [0.15, 0.2) is 146 Å². The van der Waals surface area contributed by atoms with Gasteiger partial charge in [-0.05, 0) is 102 Å². The molecule has 8 aromatic rings. The summed E-state index contributed by atoms with van der Waals surface area (Å²) in [5.74, 6) is 0. The molecule has 0 spiro atoms. The molecule has 0 heterocycles. The van der Waals surface area contributed by atoms with Gasteiger partial charge in [-0.15, -0.1) is 0 Å². The number of hydrogen-bond donors (Lipinski definition) is 0. The molecule has 0 aliphatic heterocycles. The maximum absolute atomic E-state index is 2.45. The van der Waals surface area contributed by atoms with Gasteiger partial charge in [-0.25, -0.2) is 0 Å². The lowest BCUT2D eigenvalue weighted by Gasteiger charge is -2.35. The summed E-state index contributed by atoms with van der Waals surface area (Å²) in [6.07, 6.45) is 0. The third-order valence-corrected chi connectivity index (χ3v) is 9.76. The molecular weight excluding hydrogens is 516 g/mol. The van der Waals surface area contributed by atoms with E-state index in [0.29, 0.717) is 0 Å². The van der Waals surface area contributed by atoms with Crippen LogP contribution in [0.2, 0.25) is 0 Å². The van der Waals surface area contributed by atoms with Crippen molar-refractivity contribution in [3.05, 3.63) is 179 Å². The van der Waals surface area contributed by atoms with E-state index in [1.165, 1.54) is 87.6 Å². The molecule has 0 nitrogen and oxygen atoms in total. The molecule has 1 aliphatic carbocycles. The summed E-state index contributed by atoms with van der Waals surface area (Å²) in [5.41, 5.74) is 10.1. The van der Waals surface area contributed by atoms with E-state index in [-0.39, 0.29) is 0 Å². The fraction of sp³-hybridized carbons (Fsp3) is 0.0698. The first-order chi connectivity index (χ1) is 21.1. The van der Waals surface area contributed by atoms with Crippen molar-refractivity contribution < 1.29 is 0 Å². The molecule has 43 heavy (non-hydrogen) atoms. The third-order valence-electron chi connectivity index (χ3n) is 9.76. The number of hydrogen-bond acceptors (Lipinski definition) is 0. The van der Waals surface area contributed by atoms with E-state index in [1.54, 1.807) is 0 Å². The molecule has 0 aromatic heterocycles. The average Bonchev–Trinajstić information content (AvgIpc) is 3.36. The van der Waals surface area contributed by atoms with Gasteiger partial charge in [0, 0.05) is 0 Å². The van der Waals surface area contributed by atoms with Crippen LogP contribution in [0.5, 0.6) is 0 Å². The summed E-state index contributed by atoms with van der Waals surface area (Å²) in [6, 6.07) is 55.2. The lowest BCUT2D eigenvalue weighted by molar-refractivity contribution is 0.779. The molecule has 0 heteroatoms. The van der Waals surface area contributed by atoms with Crippen LogP contribution >= 0.6 is 0 Å². The van der Waals surface area contributed by atoms with Crippen molar-refractivity contribution in [2.75, 3.05) is 0 Å². The molecule has 0 bridgehead atoms. The van der Waals surface area contributed by atoms with Crippen LogP contribution < -0.4 is 0 Å². The molecule has 0 atom stereocenters. The van der Waals surface area contributed by atoms with Gasteiger partial charge < -0.3 is 0 Å². The second-order valence-corrected chi connectivity index (χ2v) is 12.3. The first-order valence-corrected chi connectivity index (χ1v) is 15.2. The summed E-state index contributed by atoms with van der Waals surface area (Å²) in [6.45, 7) is 4.35. The van der Waals surface area contributed by atoms with Gasteiger partial charge in [-0.1, -0.05) is 145 Å². The zero-order valence-corrected chi connectivity index (χ0v) is 24.4. The molecule has 1 aliphatic rings. The molecular formula is C43H30. The Morgan fingerprint density at radius 1 is 0.395 bits per heavy atom. The van der Waals surface area contributed by atoms with E-state index >= 15 is 0 Å². The summed E-state index contributed by atoms with van der Waals surface area (Å²) in [5, 5.41) is 10.3. The molecule has 0 radical (unpaired) electrons. The van der Waals surface area contributed by atoms with E-state index in [1.807, 2.05) is 0 Å². The lowest BCUT2D eigenvalue weighted by atomic mass is 9.66. The summed E-state index contributed by atoms with van der Waals surface area (Å²) in [4.78, 5) is 0. The first kappa shape index (κ1) is 24.4. The van der Waals surface area contributed by atoms with Gasteiger partial charge in [0.05, 0.1) is 5.41 Å². The highest BCUT2D eigenvalue weighted by Crippen LogP contribution is 2.60. The molecule has 0 fully saturated rings. The predicted octanol–water partition coefficient (Wildman–Crippen LogP) is 11.3. The summed E-state index contributed by atoms with van der Waals surface area (Å²) in [7, 11) is 0. The Labute approximate surface area is 251 Å². The predicted molar refractivity (Wildman–Crippen MR) is 183 cm³/mol. The van der Waals surface area contributed by atoms with Crippen molar-refractivity contribution in [2.24, 2.45) is 0 Å². The van der Waals surface area contributed by atoms with Crippen LogP contribution in [-0.4, -0.2) is 0 Å². The molecule has 202 valence electrons.